The predicted molar refractivity (Wildman–Crippen MR) is 86.6 cm³/mol. The van der Waals surface area contributed by atoms with Crippen LogP contribution < -0.4 is 4.74 Å². The van der Waals surface area contributed by atoms with E-state index >= 15 is 0 Å². The van der Waals surface area contributed by atoms with Crippen molar-refractivity contribution in [3.8, 4) is 5.75 Å². The van der Waals surface area contributed by atoms with E-state index in [1.807, 2.05) is 0 Å². The molecule has 22 heavy (non-hydrogen) atoms. The molecule has 0 saturated carbocycles. The zero-order chi connectivity index (χ0) is 16.3. The first-order chi connectivity index (χ1) is 10.4. The van der Waals surface area contributed by atoms with Gasteiger partial charge in [0.2, 0.25) is 0 Å². The molecule has 0 atom stereocenters. The molecule has 0 spiro atoms. The summed E-state index contributed by atoms with van der Waals surface area (Å²) in [6, 6.07) is 3.16. The first kappa shape index (κ1) is 17.4. The van der Waals surface area contributed by atoms with Crippen molar-refractivity contribution in [2.75, 3.05) is 19.7 Å². The van der Waals surface area contributed by atoms with Crippen LogP contribution in [0.2, 0.25) is 10.0 Å². The van der Waals surface area contributed by atoms with Crippen LogP contribution in [-0.2, 0) is 9.59 Å². The standard InChI is InChI=1S/C14H14BrCl2NO4/c15-10-5-9(16)6-11(17)13(10)22-7-12(19)18-3-1-8(2-4-18)14(20)21/h5-6,8H,1-4,7H2,(H,20,21). The number of hydrogen-bond donors (Lipinski definition) is 1. The second kappa shape index (κ2) is 7.53. The largest absolute Gasteiger partial charge is 0.481 e. The molecule has 5 nitrogen and oxygen atoms in total. The van der Waals surface area contributed by atoms with Gasteiger partial charge in [0.15, 0.2) is 12.4 Å². The monoisotopic (exact) mass is 409 g/mol. The smallest absolute Gasteiger partial charge is 0.306 e. The normalized spacial score (nSPS) is 15.7. The number of likely N-dealkylation sites (tertiary alicyclic amines) is 1. The zero-order valence-corrected chi connectivity index (χ0v) is 14.6. The molecule has 1 aliphatic heterocycles. The second-order valence-corrected chi connectivity index (χ2v) is 6.68. The number of benzene rings is 1. The fourth-order valence-electron chi connectivity index (χ4n) is 2.27. The van der Waals surface area contributed by atoms with Gasteiger partial charge >= 0.3 is 5.97 Å². The number of rotatable bonds is 4. The van der Waals surface area contributed by atoms with E-state index in [-0.39, 0.29) is 18.4 Å². The number of carboxylic acids is 1. The molecule has 2 rings (SSSR count). The Balaban J connectivity index is 1.90. The van der Waals surface area contributed by atoms with Gasteiger partial charge in [0, 0.05) is 18.1 Å². The van der Waals surface area contributed by atoms with E-state index < -0.39 is 5.97 Å². The molecule has 120 valence electrons. The lowest BCUT2D eigenvalue weighted by Crippen LogP contribution is -2.42. The average molecular weight is 411 g/mol. The molecule has 1 saturated heterocycles. The fraction of sp³-hybridized carbons (Fsp3) is 0.429. The molecule has 1 aromatic rings. The second-order valence-electron chi connectivity index (χ2n) is 4.98. The van der Waals surface area contributed by atoms with Crippen molar-refractivity contribution in [1.82, 2.24) is 4.90 Å². The first-order valence-electron chi connectivity index (χ1n) is 6.66. The Kier molecular flexibility index (Phi) is 5.94. The van der Waals surface area contributed by atoms with Gasteiger partial charge in [-0.15, -0.1) is 0 Å². The summed E-state index contributed by atoms with van der Waals surface area (Å²) in [5.41, 5.74) is 0. The van der Waals surface area contributed by atoms with E-state index in [1.54, 1.807) is 11.0 Å². The van der Waals surface area contributed by atoms with Crippen molar-refractivity contribution in [1.29, 1.82) is 0 Å². The molecule has 1 amide bonds. The number of nitrogens with zero attached hydrogens (tertiary/aromatic N) is 1. The van der Waals surface area contributed by atoms with Gasteiger partial charge < -0.3 is 14.7 Å². The summed E-state index contributed by atoms with van der Waals surface area (Å²) < 4.78 is 6.04. The summed E-state index contributed by atoms with van der Waals surface area (Å²) in [6.07, 6.45) is 0.930. The number of aliphatic carboxylic acids is 1. The molecule has 8 heteroatoms. The van der Waals surface area contributed by atoms with E-state index in [0.717, 1.165) is 0 Å². The van der Waals surface area contributed by atoms with Crippen LogP contribution >= 0.6 is 39.1 Å². The SMILES string of the molecule is O=C(O)C1CCN(C(=O)COc2c(Cl)cc(Cl)cc2Br)CC1. The minimum absolute atomic E-state index is 0.155. The van der Waals surface area contributed by atoms with Gasteiger partial charge in [-0.25, -0.2) is 0 Å². The van der Waals surface area contributed by atoms with Crippen LogP contribution in [0.25, 0.3) is 0 Å². The van der Waals surface area contributed by atoms with Crippen molar-refractivity contribution in [3.05, 3.63) is 26.7 Å². The molecule has 1 fully saturated rings. The number of amides is 1. The third-order valence-corrected chi connectivity index (χ3v) is 4.59. The van der Waals surface area contributed by atoms with Gasteiger partial charge in [0.1, 0.15) is 0 Å². The summed E-state index contributed by atoms with van der Waals surface area (Å²) in [4.78, 5) is 24.6. The molecule has 0 aliphatic carbocycles. The molecule has 0 aromatic heterocycles. The summed E-state index contributed by atoms with van der Waals surface area (Å²) >= 11 is 15.2. The third-order valence-electron chi connectivity index (χ3n) is 3.50. The van der Waals surface area contributed by atoms with Crippen LogP contribution in [-0.4, -0.2) is 41.6 Å². The Morgan fingerprint density at radius 1 is 1.32 bits per heavy atom. The van der Waals surface area contributed by atoms with E-state index in [0.29, 0.717) is 46.2 Å². The van der Waals surface area contributed by atoms with Crippen LogP contribution in [0.4, 0.5) is 0 Å². The molecule has 1 aromatic carbocycles. The molecular weight excluding hydrogens is 397 g/mol. The van der Waals surface area contributed by atoms with Crippen LogP contribution in [0.5, 0.6) is 5.75 Å². The lowest BCUT2D eigenvalue weighted by atomic mass is 9.97. The number of piperidine rings is 1. The van der Waals surface area contributed by atoms with Crippen LogP contribution in [0.1, 0.15) is 12.8 Å². The van der Waals surface area contributed by atoms with Crippen molar-refractivity contribution in [2.45, 2.75) is 12.8 Å². The van der Waals surface area contributed by atoms with Crippen molar-refractivity contribution in [3.63, 3.8) is 0 Å². The summed E-state index contributed by atoms with van der Waals surface area (Å²) in [5.74, 6) is -1.01. The van der Waals surface area contributed by atoms with Crippen LogP contribution in [0, 0.1) is 5.92 Å². The summed E-state index contributed by atoms with van der Waals surface area (Å²) in [5, 5.41) is 9.72. The number of hydrogen-bond acceptors (Lipinski definition) is 3. The molecule has 1 aliphatic rings. The van der Waals surface area contributed by atoms with Gasteiger partial charge in [0.05, 0.1) is 15.4 Å². The molecule has 1 N–H and O–H groups in total. The van der Waals surface area contributed by atoms with E-state index in [1.165, 1.54) is 6.07 Å². The molecule has 1 heterocycles. The fourth-order valence-corrected chi connectivity index (χ4v) is 3.64. The van der Waals surface area contributed by atoms with Crippen molar-refractivity contribution < 1.29 is 19.4 Å². The number of halogens is 3. The molecule has 0 unspecified atom stereocenters. The summed E-state index contributed by atoms with van der Waals surface area (Å²) in [6.45, 7) is 0.695. The summed E-state index contributed by atoms with van der Waals surface area (Å²) in [7, 11) is 0. The molecule has 0 radical (unpaired) electrons. The molecule has 0 bridgehead atoms. The highest BCUT2D eigenvalue weighted by Crippen LogP contribution is 2.36. The number of carbonyl (C=O) groups excluding carboxylic acids is 1. The van der Waals surface area contributed by atoms with E-state index in [4.69, 9.17) is 33.0 Å². The third kappa shape index (κ3) is 4.27. The maximum Gasteiger partial charge on any atom is 0.306 e. The maximum absolute atomic E-state index is 12.1. The van der Waals surface area contributed by atoms with Gasteiger partial charge in [-0.2, -0.15) is 0 Å². The number of carboxylic acid groups (broad SMARTS) is 1. The highest BCUT2D eigenvalue weighted by molar-refractivity contribution is 9.10. The van der Waals surface area contributed by atoms with Gasteiger partial charge in [-0.05, 0) is 40.9 Å². The van der Waals surface area contributed by atoms with Crippen molar-refractivity contribution in [2.24, 2.45) is 5.92 Å². The van der Waals surface area contributed by atoms with Crippen molar-refractivity contribution >= 4 is 51.0 Å². The lowest BCUT2D eigenvalue weighted by molar-refractivity contribution is -0.146. The van der Waals surface area contributed by atoms with Gasteiger partial charge in [-0.3, -0.25) is 9.59 Å². The van der Waals surface area contributed by atoms with E-state index in [2.05, 4.69) is 15.9 Å². The van der Waals surface area contributed by atoms with E-state index in [9.17, 15) is 9.59 Å². The highest BCUT2D eigenvalue weighted by Gasteiger charge is 2.27. The Hall–Kier alpha value is -0.980. The van der Waals surface area contributed by atoms with Crippen LogP contribution in [0.3, 0.4) is 0 Å². The van der Waals surface area contributed by atoms with Crippen LogP contribution in [0.15, 0.2) is 16.6 Å². The highest BCUT2D eigenvalue weighted by atomic mass is 79.9. The maximum atomic E-state index is 12.1. The minimum Gasteiger partial charge on any atom is -0.481 e. The Labute approximate surface area is 146 Å². The zero-order valence-electron chi connectivity index (χ0n) is 11.5. The minimum atomic E-state index is -0.805. The Morgan fingerprint density at radius 3 is 2.50 bits per heavy atom. The Morgan fingerprint density at radius 2 is 1.95 bits per heavy atom. The predicted octanol–water partition coefficient (Wildman–Crippen LogP) is 3.46. The van der Waals surface area contributed by atoms with Gasteiger partial charge in [-0.1, -0.05) is 23.2 Å². The molecular formula is C14H14BrCl2NO4. The quantitative estimate of drug-likeness (QED) is 0.825. The first-order valence-corrected chi connectivity index (χ1v) is 8.21. The average Bonchev–Trinajstić information content (AvgIpc) is 2.46. The topological polar surface area (TPSA) is 66.8 Å². The Bertz CT molecular complexity index is 565. The lowest BCUT2D eigenvalue weighted by Gasteiger charge is -2.30. The van der Waals surface area contributed by atoms with Gasteiger partial charge in [0.25, 0.3) is 5.91 Å². The number of ether oxygens (including phenoxy) is 1. The number of carbonyl (C=O) groups is 2.